The number of thioether (sulfide) groups is 1. The van der Waals surface area contributed by atoms with Gasteiger partial charge in [0.1, 0.15) is 0 Å². The second-order valence-electron chi connectivity index (χ2n) is 5.31. The quantitative estimate of drug-likeness (QED) is 0.674. The first-order chi connectivity index (χ1) is 12.5. The highest BCUT2D eigenvalue weighted by Crippen LogP contribution is 2.15. The molecule has 0 saturated heterocycles. The summed E-state index contributed by atoms with van der Waals surface area (Å²) in [4.78, 5) is 12.2. The van der Waals surface area contributed by atoms with Crippen LogP contribution in [0.4, 0.5) is 0 Å². The molecule has 6 nitrogen and oxygen atoms in total. The van der Waals surface area contributed by atoms with E-state index >= 15 is 0 Å². The number of nitriles is 1. The molecule has 2 aromatic carbocycles. The van der Waals surface area contributed by atoms with Crippen LogP contribution in [0.3, 0.4) is 0 Å². The number of carbonyl (C=O) groups excluding carboxylic acids is 1. The Kier molecular flexibility index (Phi) is 7.21. The summed E-state index contributed by atoms with van der Waals surface area (Å²) in [5, 5.41) is 11.8. The molecule has 0 radical (unpaired) electrons. The second kappa shape index (κ2) is 9.38. The van der Waals surface area contributed by atoms with E-state index < -0.39 is 10.0 Å². The number of nitrogens with zero attached hydrogens (tertiary/aromatic N) is 1. The van der Waals surface area contributed by atoms with Crippen LogP contribution in [-0.2, 0) is 15.8 Å². The third-order valence-electron chi connectivity index (χ3n) is 3.60. The lowest BCUT2D eigenvalue weighted by molar-refractivity contribution is 0.0956. The van der Waals surface area contributed by atoms with Crippen molar-refractivity contribution in [2.75, 3.05) is 19.3 Å². The van der Waals surface area contributed by atoms with Crippen LogP contribution in [-0.4, -0.2) is 33.7 Å². The van der Waals surface area contributed by atoms with Gasteiger partial charge in [0.25, 0.3) is 5.91 Å². The number of hydrogen-bond acceptors (Lipinski definition) is 5. The Bertz CT molecular complexity index is 921. The number of benzene rings is 2. The van der Waals surface area contributed by atoms with Gasteiger partial charge in [-0.1, -0.05) is 24.3 Å². The molecule has 8 heteroatoms. The smallest absolute Gasteiger partial charge is 0.251 e. The number of carbonyl (C=O) groups is 1. The third-order valence-corrected chi connectivity index (χ3v) is 6.02. The molecule has 26 heavy (non-hydrogen) atoms. The van der Waals surface area contributed by atoms with E-state index in [1.54, 1.807) is 23.9 Å². The minimum Gasteiger partial charge on any atom is -0.351 e. The third kappa shape index (κ3) is 5.33. The molecule has 2 rings (SSSR count). The van der Waals surface area contributed by atoms with Crippen LogP contribution < -0.4 is 10.0 Å². The van der Waals surface area contributed by atoms with Crippen LogP contribution in [0.15, 0.2) is 53.4 Å². The van der Waals surface area contributed by atoms with Gasteiger partial charge in [-0.2, -0.15) is 17.0 Å². The Morgan fingerprint density at radius 2 is 1.96 bits per heavy atom. The van der Waals surface area contributed by atoms with Gasteiger partial charge in [-0.25, -0.2) is 13.1 Å². The number of nitrogens with one attached hydrogen (secondary N) is 2. The molecule has 0 aromatic heterocycles. The predicted octanol–water partition coefficient (Wildman–Crippen LogP) is 2.13. The van der Waals surface area contributed by atoms with Crippen LogP contribution in [0.1, 0.15) is 21.5 Å². The first-order valence-electron chi connectivity index (χ1n) is 7.85. The van der Waals surface area contributed by atoms with Gasteiger partial charge in [0, 0.05) is 23.6 Å². The maximum atomic E-state index is 12.2. The van der Waals surface area contributed by atoms with Crippen molar-refractivity contribution < 1.29 is 13.2 Å². The molecule has 2 N–H and O–H groups in total. The zero-order chi connectivity index (χ0) is 19.0. The Morgan fingerprint density at radius 1 is 1.19 bits per heavy atom. The van der Waals surface area contributed by atoms with Crippen molar-refractivity contribution in [3.8, 4) is 6.07 Å². The monoisotopic (exact) mass is 389 g/mol. The molecule has 0 unspecified atom stereocenters. The van der Waals surface area contributed by atoms with Crippen LogP contribution in [0, 0.1) is 11.3 Å². The lowest BCUT2D eigenvalue weighted by atomic mass is 10.1. The maximum absolute atomic E-state index is 12.2. The fourth-order valence-electron chi connectivity index (χ4n) is 2.20. The van der Waals surface area contributed by atoms with Crippen LogP contribution >= 0.6 is 11.8 Å². The van der Waals surface area contributed by atoms with E-state index in [1.807, 2.05) is 18.2 Å². The van der Waals surface area contributed by atoms with Crippen molar-refractivity contribution >= 4 is 27.7 Å². The van der Waals surface area contributed by atoms with Crippen LogP contribution in [0.5, 0.6) is 0 Å². The fourth-order valence-corrected chi connectivity index (χ4v) is 3.84. The molecule has 0 bridgehead atoms. The lowest BCUT2D eigenvalue weighted by Crippen LogP contribution is -2.26. The van der Waals surface area contributed by atoms with E-state index in [0.29, 0.717) is 29.2 Å². The Balaban J connectivity index is 1.84. The molecule has 1 amide bonds. The lowest BCUT2D eigenvalue weighted by Gasteiger charge is -2.08. The van der Waals surface area contributed by atoms with Gasteiger partial charge in [0.05, 0.1) is 16.5 Å². The molecular weight excluding hydrogens is 370 g/mol. The van der Waals surface area contributed by atoms with Crippen molar-refractivity contribution in [3.63, 3.8) is 0 Å². The molecule has 2 aromatic rings. The van der Waals surface area contributed by atoms with E-state index in [1.165, 1.54) is 25.2 Å². The average Bonchev–Trinajstić information content (AvgIpc) is 2.68. The van der Waals surface area contributed by atoms with Crippen molar-refractivity contribution in [1.29, 1.82) is 5.26 Å². The van der Waals surface area contributed by atoms with Gasteiger partial charge in [-0.15, -0.1) is 0 Å². The highest BCUT2D eigenvalue weighted by molar-refractivity contribution is 7.98. The topological polar surface area (TPSA) is 99.1 Å². The minimum absolute atomic E-state index is 0.0511. The number of rotatable bonds is 8. The molecule has 136 valence electrons. The van der Waals surface area contributed by atoms with E-state index in [2.05, 4.69) is 16.1 Å². The van der Waals surface area contributed by atoms with Crippen molar-refractivity contribution in [1.82, 2.24) is 10.0 Å². The summed E-state index contributed by atoms with van der Waals surface area (Å²) in [5.74, 6) is 1.05. The minimum atomic E-state index is -3.58. The highest BCUT2D eigenvalue weighted by atomic mass is 32.2. The second-order valence-corrected chi connectivity index (χ2v) is 8.30. The summed E-state index contributed by atoms with van der Waals surface area (Å²) < 4.78 is 25.8. The zero-order valence-electron chi connectivity index (χ0n) is 14.2. The Morgan fingerprint density at radius 3 is 2.69 bits per heavy atom. The largest absolute Gasteiger partial charge is 0.351 e. The molecule has 0 saturated carbocycles. The summed E-state index contributed by atoms with van der Waals surface area (Å²) in [7, 11) is -2.26. The molecule has 0 spiro atoms. The predicted molar refractivity (Wildman–Crippen MR) is 102 cm³/mol. The standard InChI is InChI=1S/C18H19N3O3S2/c1-20-26(23,24)17-8-4-7-14(11-17)18(22)21-9-10-25-13-16-6-3-2-5-15(16)12-19/h2-8,11,20H,9-10,13H2,1H3,(H,21,22). The molecule has 0 heterocycles. The summed E-state index contributed by atoms with van der Waals surface area (Å²) in [6, 6.07) is 15.5. The van der Waals surface area contributed by atoms with Gasteiger partial charge in [0.15, 0.2) is 0 Å². The SMILES string of the molecule is CNS(=O)(=O)c1cccc(C(=O)NCCSCc2ccccc2C#N)c1. The van der Waals surface area contributed by atoms with Crippen molar-refractivity contribution in [3.05, 3.63) is 65.2 Å². The van der Waals surface area contributed by atoms with Gasteiger partial charge < -0.3 is 5.32 Å². The van der Waals surface area contributed by atoms with Crippen molar-refractivity contribution in [2.45, 2.75) is 10.6 Å². The van der Waals surface area contributed by atoms with Crippen LogP contribution in [0.25, 0.3) is 0 Å². The first kappa shape index (κ1) is 20.0. The molecular formula is C18H19N3O3S2. The first-order valence-corrected chi connectivity index (χ1v) is 10.5. The Labute approximate surface area is 157 Å². The average molecular weight is 390 g/mol. The van der Waals surface area contributed by atoms with Gasteiger partial charge in [0.2, 0.25) is 10.0 Å². The van der Waals surface area contributed by atoms with Crippen LogP contribution in [0.2, 0.25) is 0 Å². The summed E-state index contributed by atoms with van der Waals surface area (Å²) in [5.41, 5.74) is 1.92. The molecule has 0 aliphatic carbocycles. The number of hydrogen-bond donors (Lipinski definition) is 2. The van der Waals surface area contributed by atoms with E-state index in [4.69, 9.17) is 5.26 Å². The summed E-state index contributed by atoms with van der Waals surface area (Å²) in [6.45, 7) is 0.446. The number of amides is 1. The van der Waals surface area contributed by atoms with E-state index in [0.717, 1.165) is 5.56 Å². The molecule has 0 aliphatic rings. The summed E-state index contributed by atoms with van der Waals surface area (Å²) >= 11 is 1.61. The fraction of sp³-hybridized carbons (Fsp3) is 0.222. The van der Waals surface area contributed by atoms with Crippen molar-refractivity contribution in [2.24, 2.45) is 0 Å². The zero-order valence-corrected chi connectivity index (χ0v) is 15.9. The molecule has 0 fully saturated rings. The van der Waals surface area contributed by atoms with Gasteiger partial charge in [-0.3, -0.25) is 4.79 Å². The molecule has 0 atom stereocenters. The normalized spacial score (nSPS) is 10.9. The maximum Gasteiger partial charge on any atom is 0.251 e. The van der Waals surface area contributed by atoms with E-state index in [-0.39, 0.29) is 10.8 Å². The van der Waals surface area contributed by atoms with E-state index in [9.17, 15) is 13.2 Å². The Hall–Kier alpha value is -2.34. The van der Waals surface area contributed by atoms with Gasteiger partial charge in [-0.05, 0) is 36.9 Å². The highest BCUT2D eigenvalue weighted by Gasteiger charge is 2.14. The number of sulfonamides is 1. The summed E-state index contributed by atoms with van der Waals surface area (Å²) in [6.07, 6.45) is 0. The molecule has 0 aliphatic heterocycles. The van der Waals surface area contributed by atoms with Gasteiger partial charge >= 0.3 is 0 Å².